The van der Waals surface area contributed by atoms with E-state index in [2.05, 4.69) is 49.9 Å². The Morgan fingerprint density at radius 1 is 1.10 bits per heavy atom. The van der Waals surface area contributed by atoms with Gasteiger partial charge in [-0.05, 0) is 24.5 Å². The van der Waals surface area contributed by atoms with Crippen molar-refractivity contribution in [3.63, 3.8) is 0 Å². The van der Waals surface area contributed by atoms with E-state index in [0.29, 0.717) is 30.2 Å². The number of nitrogens with one attached hydrogen (secondary N) is 3. The van der Waals surface area contributed by atoms with Crippen LogP contribution in [0.1, 0.15) is 24.1 Å². The van der Waals surface area contributed by atoms with Gasteiger partial charge in [0.15, 0.2) is 11.5 Å². The van der Waals surface area contributed by atoms with Crippen LogP contribution in [0.25, 0.3) is 11.0 Å². The molecule has 9 heteroatoms. The molecule has 2 aromatic carbocycles. The number of nitrogens with zero attached hydrogens (tertiary/aromatic N) is 4. The molecule has 0 aliphatic heterocycles. The predicted molar refractivity (Wildman–Crippen MR) is 115 cm³/mol. The SMILES string of the molecule is CC(Nc1ncnc2[nH]nc(NCCc3cccc([N+](=O)[O-])c3)c12)c1ccccc1. The fourth-order valence-electron chi connectivity index (χ4n) is 3.28. The first-order valence-corrected chi connectivity index (χ1v) is 9.59. The van der Waals surface area contributed by atoms with E-state index in [0.717, 1.165) is 16.5 Å². The van der Waals surface area contributed by atoms with Crippen LogP contribution in [-0.2, 0) is 6.42 Å². The standard InChI is InChI=1S/C21H21N7O2/c1-14(16-7-3-2-4-8-16)25-19-18-20(26-27-21(18)24-13-23-19)22-11-10-15-6-5-9-17(12-15)28(29)30/h2-9,12-14H,10-11H2,1H3,(H3,22,23,24,25,26,27). The van der Waals surface area contributed by atoms with Gasteiger partial charge < -0.3 is 10.6 Å². The summed E-state index contributed by atoms with van der Waals surface area (Å²) in [4.78, 5) is 19.2. The number of H-pyrrole nitrogens is 1. The molecule has 0 saturated heterocycles. The quantitative estimate of drug-likeness (QED) is 0.299. The van der Waals surface area contributed by atoms with Crippen LogP contribution in [0.2, 0.25) is 0 Å². The number of anilines is 2. The number of nitro benzene ring substituents is 1. The van der Waals surface area contributed by atoms with E-state index in [1.807, 2.05) is 24.3 Å². The molecule has 0 fully saturated rings. The van der Waals surface area contributed by atoms with E-state index in [1.54, 1.807) is 12.1 Å². The van der Waals surface area contributed by atoms with Crippen LogP contribution in [-0.4, -0.2) is 31.6 Å². The molecule has 0 saturated carbocycles. The molecular weight excluding hydrogens is 382 g/mol. The molecule has 0 spiro atoms. The monoisotopic (exact) mass is 403 g/mol. The van der Waals surface area contributed by atoms with Crippen molar-refractivity contribution in [2.24, 2.45) is 0 Å². The Balaban J connectivity index is 1.50. The van der Waals surface area contributed by atoms with Crippen molar-refractivity contribution in [3.05, 3.63) is 82.2 Å². The summed E-state index contributed by atoms with van der Waals surface area (Å²) in [5.41, 5.74) is 2.75. The molecule has 2 heterocycles. The number of non-ortho nitro benzene ring substituents is 1. The van der Waals surface area contributed by atoms with Gasteiger partial charge in [-0.1, -0.05) is 42.5 Å². The molecule has 152 valence electrons. The van der Waals surface area contributed by atoms with E-state index in [4.69, 9.17) is 0 Å². The summed E-state index contributed by atoms with van der Waals surface area (Å²) >= 11 is 0. The first kappa shape index (κ1) is 19.3. The maximum atomic E-state index is 10.9. The minimum atomic E-state index is -0.388. The largest absolute Gasteiger partial charge is 0.368 e. The maximum absolute atomic E-state index is 10.9. The van der Waals surface area contributed by atoms with Gasteiger partial charge in [-0.25, -0.2) is 9.97 Å². The minimum Gasteiger partial charge on any atom is -0.368 e. The van der Waals surface area contributed by atoms with Crippen molar-refractivity contribution < 1.29 is 4.92 Å². The Hall–Kier alpha value is -4.01. The third-order valence-corrected chi connectivity index (χ3v) is 4.84. The van der Waals surface area contributed by atoms with Gasteiger partial charge in [-0.15, -0.1) is 0 Å². The molecule has 1 atom stereocenters. The number of nitro groups is 1. The molecule has 4 aromatic rings. The number of benzene rings is 2. The van der Waals surface area contributed by atoms with Crippen LogP contribution >= 0.6 is 0 Å². The summed E-state index contributed by atoms with van der Waals surface area (Å²) in [5.74, 6) is 1.32. The van der Waals surface area contributed by atoms with E-state index < -0.39 is 0 Å². The lowest BCUT2D eigenvalue weighted by Gasteiger charge is -2.15. The normalized spacial score (nSPS) is 11.9. The number of rotatable bonds is 8. The van der Waals surface area contributed by atoms with Crippen molar-refractivity contribution in [3.8, 4) is 0 Å². The molecule has 0 radical (unpaired) electrons. The predicted octanol–water partition coefficient (Wildman–Crippen LogP) is 4.09. The fourth-order valence-corrected chi connectivity index (χ4v) is 3.28. The first-order valence-electron chi connectivity index (χ1n) is 9.59. The smallest absolute Gasteiger partial charge is 0.269 e. The van der Waals surface area contributed by atoms with Crippen LogP contribution < -0.4 is 10.6 Å². The second kappa shape index (κ2) is 8.56. The summed E-state index contributed by atoms with van der Waals surface area (Å²) < 4.78 is 0. The third-order valence-electron chi connectivity index (χ3n) is 4.84. The van der Waals surface area contributed by atoms with Gasteiger partial charge in [-0.3, -0.25) is 15.2 Å². The molecule has 2 aromatic heterocycles. The fraction of sp³-hybridized carbons (Fsp3) is 0.190. The van der Waals surface area contributed by atoms with Crippen LogP contribution in [0.3, 0.4) is 0 Å². The summed E-state index contributed by atoms with van der Waals surface area (Å²) in [6, 6.07) is 16.8. The number of aromatic nitrogens is 4. The van der Waals surface area contributed by atoms with Crippen molar-refractivity contribution in [2.45, 2.75) is 19.4 Å². The van der Waals surface area contributed by atoms with Gasteiger partial charge in [-0.2, -0.15) is 5.10 Å². The van der Waals surface area contributed by atoms with Crippen LogP contribution in [0.15, 0.2) is 60.9 Å². The molecule has 0 aliphatic carbocycles. The van der Waals surface area contributed by atoms with Gasteiger partial charge >= 0.3 is 0 Å². The minimum absolute atomic E-state index is 0.0527. The molecule has 0 bridgehead atoms. The Labute approximate surface area is 172 Å². The Kier molecular flexibility index (Phi) is 5.51. The van der Waals surface area contributed by atoms with Crippen molar-refractivity contribution in [1.82, 2.24) is 20.2 Å². The van der Waals surface area contributed by atoms with Gasteiger partial charge in [0.2, 0.25) is 0 Å². The number of fused-ring (bicyclic) bond motifs is 1. The Morgan fingerprint density at radius 2 is 1.93 bits per heavy atom. The molecule has 0 aliphatic rings. The summed E-state index contributed by atoms with van der Waals surface area (Å²) in [5, 5.41) is 25.7. The Bertz CT molecular complexity index is 1160. The van der Waals surface area contributed by atoms with Crippen molar-refractivity contribution in [1.29, 1.82) is 0 Å². The molecular formula is C21H21N7O2. The lowest BCUT2D eigenvalue weighted by molar-refractivity contribution is -0.384. The zero-order valence-corrected chi connectivity index (χ0v) is 16.4. The number of hydrogen-bond acceptors (Lipinski definition) is 7. The van der Waals surface area contributed by atoms with E-state index in [1.165, 1.54) is 12.4 Å². The maximum Gasteiger partial charge on any atom is 0.269 e. The van der Waals surface area contributed by atoms with Crippen LogP contribution in [0.4, 0.5) is 17.3 Å². The number of aromatic amines is 1. The Morgan fingerprint density at radius 3 is 2.73 bits per heavy atom. The highest BCUT2D eigenvalue weighted by molar-refractivity contribution is 5.96. The first-order chi connectivity index (χ1) is 14.6. The van der Waals surface area contributed by atoms with Crippen molar-refractivity contribution >= 4 is 28.4 Å². The van der Waals surface area contributed by atoms with Crippen molar-refractivity contribution in [2.75, 3.05) is 17.2 Å². The number of hydrogen-bond donors (Lipinski definition) is 3. The average molecular weight is 403 g/mol. The summed E-state index contributed by atoms with van der Waals surface area (Å²) in [6.07, 6.45) is 2.11. The highest BCUT2D eigenvalue weighted by Crippen LogP contribution is 2.28. The third kappa shape index (κ3) is 4.19. The van der Waals surface area contributed by atoms with Gasteiger partial charge in [0, 0.05) is 24.7 Å². The van der Waals surface area contributed by atoms with E-state index >= 15 is 0 Å². The zero-order chi connectivity index (χ0) is 20.9. The highest BCUT2D eigenvalue weighted by Gasteiger charge is 2.15. The van der Waals surface area contributed by atoms with E-state index in [9.17, 15) is 10.1 Å². The molecule has 9 nitrogen and oxygen atoms in total. The summed E-state index contributed by atoms with van der Waals surface area (Å²) in [6.45, 7) is 2.63. The topological polar surface area (TPSA) is 122 Å². The zero-order valence-electron chi connectivity index (χ0n) is 16.4. The van der Waals surface area contributed by atoms with E-state index in [-0.39, 0.29) is 16.7 Å². The molecule has 0 amide bonds. The van der Waals surface area contributed by atoms with Gasteiger partial charge in [0.05, 0.1) is 4.92 Å². The van der Waals surface area contributed by atoms with Crippen LogP contribution in [0, 0.1) is 10.1 Å². The highest BCUT2D eigenvalue weighted by atomic mass is 16.6. The second-order valence-electron chi connectivity index (χ2n) is 6.90. The molecule has 4 rings (SSSR count). The molecule has 30 heavy (non-hydrogen) atoms. The lowest BCUT2D eigenvalue weighted by atomic mass is 10.1. The van der Waals surface area contributed by atoms with Crippen LogP contribution in [0.5, 0.6) is 0 Å². The lowest BCUT2D eigenvalue weighted by Crippen LogP contribution is -2.10. The summed E-state index contributed by atoms with van der Waals surface area (Å²) in [7, 11) is 0. The average Bonchev–Trinajstić information content (AvgIpc) is 3.19. The van der Waals surface area contributed by atoms with Gasteiger partial charge in [0.1, 0.15) is 17.5 Å². The second-order valence-corrected chi connectivity index (χ2v) is 6.90. The molecule has 3 N–H and O–H groups in total. The van der Waals surface area contributed by atoms with Gasteiger partial charge in [0.25, 0.3) is 5.69 Å². The molecule has 1 unspecified atom stereocenters.